The fourth-order valence-corrected chi connectivity index (χ4v) is 5.83. The molecule has 4 aromatic carbocycles. The van der Waals surface area contributed by atoms with Crippen molar-refractivity contribution in [2.24, 2.45) is 5.10 Å². The summed E-state index contributed by atoms with van der Waals surface area (Å²) in [6.07, 6.45) is 2.51. The number of hydrogen-bond acceptors (Lipinski definition) is 4. The summed E-state index contributed by atoms with van der Waals surface area (Å²) in [6, 6.07) is 30.5. The summed E-state index contributed by atoms with van der Waals surface area (Å²) in [6.45, 7) is 2.95. The SMILES string of the molecule is CCn1ncc2cc(-c3ccc(C4CC(c5c(-c6ccccc6)c6cc(Cl)ccc6[nH]c5=O)=NN4)cc3)ccc21. The summed E-state index contributed by atoms with van der Waals surface area (Å²) in [5, 5.41) is 11.8. The largest absolute Gasteiger partial charge is 0.321 e. The van der Waals surface area contributed by atoms with Gasteiger partial charge in [-0.05, 0) is 59.5 Å². The molecule has 1 unspecified atom stereocenters. The number of aromatic nitrogens is 3. The Labute approximate surface area is 235 Å². The molecule has 196 valence electrons. The summed E-state index contributed by atoms with van der Waals surface area (Å²) in [5.41, 5.74) is 11.5. The fourth-order valence-electron chi connectivity index (χ4n) is 5.66. The number of halogens is 1. The van der Waals surface area contributed by atoms with Gasteiger partial charge in [-0.2, -0.15) is 10.2 Å². The molecule has 1 aliphatic rings. The Bertz CT molecular complexity index is 1970. The van der Waals surface area contributed by atoms with Crippen molar-refractivity contribution in [3.63, 3.8) is 0 Å². The third-order valence-corrected chi connectivity index (χ3v) is 7.90. The molecule has 0 saturated heterocycles. The second kappa shape index (κ2) is 9.81. The zero-order valence-electron chi connectivity index (χ0n) is 21.9. The van der Waals surface area contributed by atoms with Crippen LogP contribution in [0.5, 0.6) is 0 Å². The van der Waals surface area contributed by atoms with Gasteiger partial charge in [-0.3, -0.25) is 9.48 Å². The van der Waals surface area contributed by atoms with Crippen molar-refractivity contribution < 1.29 is 0 Å². The lowest BCUT2D eigenvalue weighted by molar-refractivity contribution is 0.620. The van der Waals surface area contributed by atoms with Crippen LogP contribution in [0.2, 0.25) is 5.02 Å². The van der Waals surface area contributed by atoms with Crippen molar-refractivity contribution in [3.05, 3.63) is 124 Å². The van der Waals surface area contributed by atoms with E-state index < -0.39 is 0 Å². The Kier molecular flexibility index (Phi) is 5.98. The Morgan fingerprint density at radius 3 is 2.50 bits per heavy atom. The topological polar surface area (TPSA) is 75.1 Å². The lowest BCUT2D eigenvalue weighted by atomic mass is 9.91. The van der Waals surface area contributed by atoms with E-state index in [1.165, 1.54) is 0 Å². The lowest BCUT2D eigenvalue weighted by Crippen LogP contribution is -2.20. The van der Waals surface area contributed by atoms with Gasteiger partial charge in [0.05, 0.1) is 29.0 Å². The number of H-pyrrole nitrogens is 1. The zero-order valence-corrected chi connectivity index (χ0v) is 22.6. The minimum Gasteiger partial charge on any atom is -0.321 e. The molecule has 40 heavy (non-hydrogen) atoms. The van der Waals surface area contributed by atoms with Gasteiger partial charge >= 0.3 is 0 Å². The van der Waals surface area contributed by atoms with Crippen LogP contribution in [-0.2, 0) is 6.54 Å². The van der Waals surface area contributed by atoms with Gasteiger partial charge in [0.1, 0.15) is 0 Å². The van der Waals surface area contributed by atoms with Gasteiger partial charge in [-0.15, -0.1) is 0 Å². The molecule has 6 nitrogen and oxygen atoms in total. The van der Waals surface area contributed by atoms with Crippen LogP contribution in [0, 0.1) is 0 Å². The van der Waals surface area contributed by atoms with Crippen LogP contribution in [0.1, 0.15) is 30.5 Å². The Morgan fingerprint density at radius 2 is 1.70 bits per heavy atom. The van der Waals surface area contributed by atoms with E-state index in [9.17, 15) is 4.79 Å². The molecule has 0 spiro atoms. The summed E-state index contributed by atoms with van der Waals surface area (Å²) in [4.78, 5) is 16.5. The van der Waals surface area contributed by atoms with Crippen molar-refractivity contribution in [2.45, 2.75) is 25.9 Å². The van der Waals surface area contributed by atoms with E-state index in [1.54, 1.807) is 6.07 Å². The molecule has 0 bridgehead atoms. The number of fused-ring (bicyclic) bond motifs is 2. The number of rotatable bonds is 5. The summed E-state index contributed by atoms with van der Waals surface area (Å²) >= 11 is 6.39. The highest BCUT2D eigenvalue weighted by Gasteiger charge is 2.27. The summed E-state index contributed by atoms with van der Waals surface area (Å²) < 4.78 is 2.00. The second-order valence-corrected chi connectivity index (χ2v) is 10.5. The third-order valence-electron chi connectivity index (χ3n) is 7.67. The van der Waals surface area contributed by atoms with Crippen molar-refractivity contribution in [1.82, 2.24) is 20.2 Å². The molecular weight excluding hydrogens is 518 g/mol. The maximum Gasteiger partial charge on any atom is 0.258 e. The third kappa shape index (κ3) is 4.17. The molecule has 1 atom stereocenters. The van der Waals surface area contributed by atoms with Gasteiger partial charge in [-0.1, -0.05) is 72.3 Å². The Balaban J connectivity index is 1.21. The Morgan fingerprint density at radius 1 is 0.900 bits per heavy atom. The average molecular weight is 544 g/mol. The predicted octanol–water partition coefficient (Wildman–Crippen LogP) is 7.32. The van der Waals surface area contributed by atoms with E-state index in [0.29, 0.717) is 17.0 Å². The van der Waals surface area contributed by atoms with Crippen molar-refractivity contribution in [3.8, 4) is 22.3 Å². The minimum absolute atomic E-state index is 0.0348. The van der Waals surface area contributed by atoms with Crippen LogP contribution in [-0.4, -0.2) is 20.5 Å². The number of aryl methyl sites for hydroxylation is 1. The molecule has 0 radical (unpaired) electrons. The lowest BCUT2D eigenvalue weighted by Gasteiger charge is -2.14. The summed E-state index contributed by atoms with van der Waals surface area (Å²) in [7, 11) is 0. The molecule has 0 saturated carbocycles. The van der Waals surface area contributed by atoms with E-state index >= 15 is 0 Å². The van der Waals surface area contributed by atoms with Crippen LogP contribution in [0.25, 0.3) is 44.1 Å². The first-order chi connectivity index (χ1) is 19.6. The predicted molar refractivity (Wildman–Crippen MR) is 163 cm³/mol. The van der Waals surface area contributed by atoms with E-state index in [-0.39, 0.29) is 11.6 Å². The Hall–Kier alpha value is -4.68. The molecule has 0 fully saturated rings. The number of aromatic amines is 1. The first-order valence-electron chi connectivity index (χ1n) is 13.4. The maximum absolute atomic E-state index is 13.5. The molecule has 2 N–H and O–H groups in total. The van der Waals surface area contributed by atoms with Crippen LogP contribution >= 0.6 is 11.6 Å². The van der Waals surface area contributed by atoms with Crippen LogP contribution in [0.3, 0.4) is 0 Å². The van der Waals surface area contributed by atoms with Gasteiger partial charge in [0.15, 0.2) is 0 Å². The molecule has 0 aliphatic carbocycles. The molecular formula is C33H26ClN5O. The van der Waals surface area contributed by atoms with E-state index in [0.717, 1.165) is 61.9 Å². The number of hydrazone groups is 1. The van der Waals surface area contributed by atoms with Crippen molar-refractivity contribution in [2.75, 3.05) is 0 Å². The maximum atomic E-state index is 13.5. The zero-order chi connectivity index (χ0) is 27.2. The van der Waals surface area contributed by atoms with Gasteiger partial charge in [-0.25, -0.2) is 0 Å². The monoisotopic (exact) mass is 543 g/mol. The van der Waals surface area contributed by atoms with Crippen molar-refractivity contribution in [1.29, 1.82) is 0 Å². The van der Waals surface area contributed by atoms with Crippen LogP contribution < -0.4 is 11.0 Å². The van der Waals surface area contributed by atoms with E-state index in [1.807, 2.05) is 53.3 Å². The molecule has 6 aromatic rings. The van der Waals surface area contributed by atoms with Gasteiger partial charge < -0.3 is 10.4 Å². The van der Waals surface area contributed by atoms with E-state index in [4.69, 9.17) is 11.6 Å². The average Bonchev–Trinajstić information content (AvgIpc) is 3.64. The minimum atomic E-state index is -0.160. The number of pyridine rings is 1. The number of benzene rings is 4. The van der Waals surface area contributed by atoms with Crippen LogP contribution in [0.4, 0.5) is 0 Å². The number of nitrogens with zero attached hydrogens (tertiary/aromatic N) is 3. The highest BCUT2D eigenvalue weighted by atomic mass is 35.5. The highest BCUT2D eigenvalue weighted by Crippen LogP contribution is 2.35. The molecule has 2 aromatic heterocycles. The molecule has 7 rings (SSSR count). The highest BCUT2D eigenvalue weighted by molar-refractivity contribution is 6.31. The second-order valence-electron chi connectivity index (χ2n) is 10.1. The number of hydrogen-bond donors (Lipinski definition) is 2. The molecule has 3 heterocycles. The molecule has 0 amide bonds. The summed E-state index contributed by atoms with van der Waals surface area (Å²) in [5.74, 6) is 0. The normalized spacial score (nSPS) is 14.9. The first kappa shape index (κ1) is 24.4. The van der Waals surface area contributed by atoms with Crippen LogP contribution in [0.15, 0.2) is 107 Å². The fraction of sp³-hybridized carbons (Fsp3) is 0.121. The van der Waals surface area contributed by atoms with Gasteiger partial charge in [0.2, 0.25) is 0 Å². The quantitative estimate of drug-likeness (QED) is 0.239. The molecule has 1 aliphatic heterocycles. The first-order valence-corrected chi connectivity index (χ1v) is 13.8. The van der Waals surface area contributed by atoms with Crippen molar-refractivity contribution >= 4 is 39.1 Å². The molecule has 7 heteroatoms. The van der Waals surface area contributed by atoms with Gasteiger partial charge in [0, 0.05) is 39.8 Å². The smallest absolute Gasteiger partial charge is 0.258 e. The van der Waals surface area contributed by atoms with E-state index in [2.05, 4.69) is 70.0 Å². The standard InChI is InChI=1S/C33H26ClN5O/c1-2-39-30-15-12-23(16-24(30)19-35-39)20-8-10-21(11-9-20)28-18-29(38-37-28)32-31(22-6-4-3-5-7-22)26-17-25(34)13-14-27(26)36-33(32)40/h3-17,19,28,37H,2,18H2,1H3,(H,36,40). The number of nitrogens with one attached hydrogen (secondary N) is 2. The van der Waals surface area contributed by atoms with Gasteiger partial charge in [0.25, 0.3) is 5.56 Å².